The third-order valence-corrected chi connectivity index (χ3v) is 4.95. The molecule has 1 amide bonds. The van der Waals surface area contributed by atoms with E-state index >= 15 is 0 Å². The van der Waals surface area contributed by atoms with Crippen molar-refractivity contribution in [2.75, 3.05) is 27.9 Å². The number of benzene rings is 2. The van der Waals surface area contributed by atoms with E-state index in [4.69, 9.17) is 18.6 Å². The number of hydrogen-bond donors (Lipinski definition) is 0. The van der Waals surface area contributed by atoms with Crippen LogP contribution in [0.15, 0.2) is 40.8 Å². The Morgan fingerprint density at radius 2 is 1.66 bits per heavy atom. The molecular weight excluding hydrogens is 374 g/mol. The van der Waals surface area contributed by atoms with E-state index in [1.807, 2.05) is 12.1 Å². The summed E-state index contributed by atoms with van der Waals surface area (Å²) in [7, 11) is 4.80. The smallest absolute Gasteiger partial charge is 0.311 e. The highest BCUT2D eigenvalue weighted by molar-refractivity contribution is 5.90. The van der Waals surface area contributed by atoms with E-state index in [1.54, 1.807) is 50.5 Å². The standard InChI is InChI=1S/C21H21N3O5/c1-26-16-6-4-13(5-7-16)19-22-23-20(29-19)21(25)24-9-8-14-10-17(27-2)18(28-3)11-15(14)12-24/h4-7,10-11H,8-9,12H2,1-3H3. The van der Waals surface area contributed by atoms with Crippen LogP contribution in [0.3, 0.4) is 0 Å². The molecule has 0 atom stereocenters. The summed E-state index contributed by atoms with van der Waals surface area (Å²) in [4.78, 5) is 14.6. The first-order valence-corrected chi connectivity index (χ1v) is 9.14. The number of methoxy groups -OCH3 is 3. The van der Waals surface area contributed by atoms with E-state index in [0.717, 1.165) is 22.4 Å². The molecule has 0 bridgehead atoms. The zero-order chi connectivity index (χ0) is 20.4. The third-order valence-electron chi connectivity index (χ3n) is 4.95. The Kier molecular flexibility index (Phi) is 5.07. The lowest BCUT2D eigenvalue weighted by Crippen LogP contribution is -2.36. The summed E-state index contributed by atoms with van der Waals surface area (Å²) in [6.45, 7) is 0.996. The van der Waals surface area contributed by atoms with Gasteiger partial charge >= 0.3 is 11.8 Å². The van der Waals surface area contributed by atoms with Crippen molar-refractivity contribution in [2.24, 2.45) is 0 Å². The second kappa shape index (κ2) is 7.83. The highest BCUT2D eigenvalue weighted by Gasteiger charge is 2.27. The van der Waals surface area contributed by atoms with Crippen molar-refractivity contribution in [3.05, 3.63) is 53.4 Å². The Morgan fingerprint density at radius 1 is 0.966 bits per heavy atom. The van der Waals surface area contributed by atoms with Crippen LogP contribution in [0.5, 0.6) is 17.2 Å². The number of fused-ring (bicyclic) bond motifs is 1. The maximum atomic E-state index is 12.9. The molecule has 0 unspecified atom stereocenters. The Balaban J connectivity index is 1.53. The van der Waals surface area contributed by atoms with E-state index in [1.165, 1.54) is 0 Å². The maximum Gasteiger partial charge on any atom is 0.311 e. The van der Waals surface area contributed by atoms with Gasteiger partial charge in [0.2, 0.25) is 5.89 Å². The minimum absolute atomic E-state index is 0.0280. The summed E-state index contributed by atoms with van der Waals surface area (Å²) in [5.41, 5.74) is 2.87. The molecule has 2 aromatic carbocycles. The number of hydrogen-bond acceptors (Lipinski definition) is 7. The maximum absolute atomic E-state index is 12.9. The van der Waals surface area contributed by atoms with Gasteiger partial charge < -0.3 is 23.5 Å². The predicted molar refractivity (Wildman–Crippen MR) is 104 cm³/mol. The van der Waals surface area contributed by atoms with Gasteiger partial charge in [0.1, 0.15) is 5.75 Å². The Bertz CT molecular complexity index is 1030. The molecule has 8 heteroatoms. The molecule has 2 heterocycles. The van der Waals surface area contributed by atoms with Gasteiger partial charge in [0, 0.05) is 18.7 Å². The fraction of sp³-hybridized carbons (Fsp3) is 0.286. The van der Waals surface area contributed by atoms with Gasteiger partial charge in [0.15, 0.2) is 11.5 Å². The molecule has 1 aliphatic rings. The number of rotatable bonds is 5. The lowest BCUT2D eigenvalue weighted by molar-refractivity contribution is 0.0694. The molecule has 1 aromatic heterocycles. The van der Waals surface area contributed by atoms with E-state index in [-0.39, 0.29) is 11.8 Å². The Hall–Kier alpha value is -3.55. The normalized spacial score (nSPS) is 13.0. The number of carbonyl (C=O) groups excluding carboxylic acids is 1. The predicted octanol–water partition coefficient (Wildman–Crippen LogP) is 2.96. The van der Waals surface area contributed by atoms with Crippen LogP contribution in [0.4, 0.5) is 0 Å². The minimum Gasteiger partial charge on any atom is -0.497 e. The van der Waals surface area contributed by atoms with E-state index in [0.29, 0.717) is 36.9 Å². The SMILES string of the molecule is COc1ccc(-c2nnc(C(=O)N3CCc4cc(OC)c(OC)cc4C3)o2)cc1. The fourth-order valence-corrected chi connectivity index (χ4v) is 3.35. The monoisotopic (exact) mass is 395 g/mol. The van der Waals surface area contributed by atoms with Crippen molar-refractivity contribution in [1.82, 2.24) is 15.1 Å². The van der Waals surface area contributed by atoms with Crippen LogP contribution in [0.2, 0.25) is 0 Å². The summed E-state index contributed by atoms with van der Waals surface area (Å²) in [6, 6.07) is 11.1. The molecule has 8 nitrogen and oxygen atoms in total. The van der Waals surface area contributed by atoms with Gasteiger partial charge in [-0.2, -0.15) is 0 Å². The van der Waals surface area contributed by atoms with Gasteiger partial charge in [0.25, 0.3) is 0 Å². The molecule has 0 aliphatic carbocycles. The van der Waals surface area contributed by atoms with Crippen molar-refractivity contribution >= 4 is 5.91 Å². The first-order valence-electron chi connectivity index (χ1n) is 9.14. The largest absolute Gasteiger partial charge is 0.497 e. The molecule has 0 saturated heterocycles. The number of amides is 1. The van der Waals surface area contributed by atoms with Gasteiger partial charge in [-0.15, -0.1) is 10.2 Å². The van der Waals surface area contributed by atoms with Crippen LogP contribution in [0.1, 0.15) is 21.8 Å². The van der Waals surface area contributed by atoms with Gasteiger partial charge in [-0.05, 0) is 53.9 Å². The third kappa shape index (κ3) is 3.61. The summed E-state index contributed by atoms with van der Waals surface area (Å²) in [5, 5.41) is 7.95. The minimum atomic E-state index is -0.294. The van der Waals surface area contributed by atoms with Crippen molar-refractivity contribution in [3.8, 4) is 28.7 Å². The van der Waals surface area contributed by atoms with Gasteiger partial charge in [-0.1, -0.05) is 0 Å². The van der Waals surface area contributed by atoms with Crippen molar-refractivity contribution in [2.45, 2.75) is 13.0 Å². The van der Waals surface area contributed by atoms with Crippen LogP contribution >= 0.6 is 0 Å². The second-order valence-electron chi connectivity index (χ2n) is 6.59. The van der Waals surface area contributed by atoms with Gasteiger partial charge in [0.05, 0.1) is 21.3 Å². The van der Waals surface area contributed by atoms with Crippen molar-refractivity contribution < 1.29 is 23.4 Å². The number of aromatic nitrogens is 2. The highest BCUT2D eigenvalue weighted by Crippen LogP contribution is 2.33. The molecule has 1 aliphatic heterocycles. The van der Waals surface area contributed by atoms with E-state index in [9.17, 15) is 4.79 Å². The molecule has 29 heavy (non-hydrogen) atoms. The Morgan fingerprint density at radius 3 is 2.31 bits per heavy atom. The summed E-state index contributed by atoms with van der Waals surface area (Å²) < 4.78 is 21.5. The van der Waals surface area contributed by atoms with Crippen molar-refractivity contribution in [3.63, 3.8) is 0 Å². The lowest BCUT2D eigenvalue weighted by Gasteiger charge is -2.28. The number of ether oxygens (including phenoxy) is 3. The second-order valence-corrected chi connectivity index (χ2v) is 6.59. The molecule has 0 saturated carbocycles. The molecular formula is C21H21N3O5. The molecule has 0 N–H and O–H groups in total. The van der Waals surface area contributed by atoms with E-state index < -0.39 is 0 Å². The Labute approximate surface area is 168 Å². The summed E-state index contributed by atoms with van der Waals surface area (Å²) in [6.07, 6.45) is 0.709. The quantitative estimate of drug-likeness (QED) is 0.656. The molecule has 0 spiro atoms. The fourth-order valence-electron chi connectivity index (χ4n) is 3.35. The van der Waals surface area contributed by atoms with Gasteiger partial charge in [-0.25, -0.2) is 0 Å². The molecule has 150 valence electrons. The zero-order valence-electron chi connectivity index (χ0n) is 16.5. The lowest BCUT2D eigenvalue weighted by atomic mass is 9.98. The average molecular weight is 395 g/mol. The number of nitrogens with zero attached hydrogens (tertiary/aromatic N) is 3. The first kappa shape index (κ1) is 18.8. The molecule has 3 aromatic rings. The first-order chi connectivity index (χ1) is 14.1. The highest BCUT2D eigenvalue weighted by atomic mass is 16.5. The molecule has 0 fully saturated rings. The summed E-state index contributed by atoms with van der Waals surface area (Å²) in [5.74, 6) is 2.02. The van der Waals surface area contributed by atoms with Crippen LogP contribution < -0.4 is 14.2 Å². The molecule has 0 radical (unpaired) electrons. The zero-order valence-corrected chi connectivity index (χ0v) is 16.5. The topological polar surface area (TPSA) is 86.9 Å². The van der Waals surface area contributed by atoms with Crippen LogP contribution in [-0.4, -0.2) is 48.9 Å². The van der Waals surface area contributed by atoms with E-state index in [2.05, 4.69) is 10.2 Å². The van der Waals surface area contributed by atoms with Crippen molar-refractivity contribution in [1.29, 1.82) is 0 Å². The average Bonchev–Trinajstić information content (AvgIpc) is 3.27. The van der Waals surface area contributed by atoms with Gasteiger partial charge in [-0.3, -0.25) is 4.79 Å². The summed E-state index contributed by atoms with van der Waals surface area (Å²) >= 11 is 0. The van der Waals surface area contributed by atoms with Crippen LogP contribution in [0, 0.1) is 0 Å². The van der Waals surface area contributed by atoms with Crippen LogP contribution in [-0.2, 0) is 13.0 Å². The van der Waals surface area contributed by atoms with Crippen LogP contribution in [0.25, 0.3) is 11.5 Å². The number of carbonyl (C=O) groups is 1. The molecule has 4 rings (SSSR count).